The minimum absolute atomic E-state index is 0.0945. The first-order valence-electron chi connectivity index (χ1n) is 6.45. The Hall–Kier alpha value is -1.10. The summed E-state index contributed by atoms with van der Waals surface area (Å²) in [4.78, 5) is 21.6. The lowest BCUT2D eigenvalue weighted by Crippen LogP contribution is -2.18. The van der Waals surface area contributed by atoms with Crippen LogP contribution in [0.1, 0.15) is 46.0 Å². The van der Waals surface area contributed by atoms with Crippen molar-refractivity contribution >= 4 is 11.9 Å². The van der Waals surface area contributed by atoms with Gasteiger partial charge in [-0.15, -0.1) is 0 Å². The molecule has 0 saturated heterocycles. The fourth-order valence-electron chi connectivity index (χ4n) is 1.49. The second kappa shape index (κ2) is 9.88. The van der Waals surface area contributed by atoms with Gasteiger partial charge in [-0.05, 0) is 31.1 Å². The van der Waals surface area contributed by atoms with Crippen molar-refractivity contribution < 1.29 is 24.5 Å². The van der Waals surface area contributed by atoms with Crippen molar-refractivity contribution in [3.8, 4) is 0 Å². The molecular formula is C13H24O5. The van der Waals surface area contributed by atoms with Gasteiger partial charge in [0.05, 0.1) is 6.61 Å². The van der Waals surface area contributed by atoms with Gasteiger partial charge in [0.15, 0.2) is 0 Å². The van der Waals surface area contributed by atoms with Crippen LogP contribution in [0.2, 0.25) is 0 Å². The number of aliphatic hydroxyl groups is 1. The lowest BCUT2D eigenvalue weighted by atomic mass is 9.94. The van der Waals surface area contributed by atoms with E-state index in [1.54, 1.807) is 0 Å². The summed E-state index contributed by atoms with van der Waals surface area (Å²) in [5.41, 5.74) is 0. The van der Waals surface area contributed by atoms with Crippen molar-refractivity contribution in [2.75, 3.05) is 13.2 Å². The third kappa shape index (κ3) is 8.98. The Labute approximate surface area is 108 Å². The highest BCUT2D eigenvalue weighted by atomic mass is 16.5. The SMILES string of the molecule is CC(CCO)C(C)COC(=O)CCCCC(=O)O. The zero-order valence-corrected chi connectivity index (χ0v) is 11.2. The van der Waals surface area contributed by atoms with Crippen LogP contribution in [-0.4, -0.2) is 35.4 Å². The molecule has 0 fully saturated rings. The molecule has 0 aliphatic carbocycles. The highest BCUT2D eigenvalue weighted by molar-refractivity contribution is 5.69. The molecule has 0 amide bonds. The number of aliphatic carboxylic acids is 1. The normalized spacial score (nSPS) is 13.9. The number of rotatable bonds is 10. The predicted molar refractivity (Wildman–Crippen MR) is 67.1 cm³/mol. The Morgan fingerprint density at radius 3 is 2.28 bits per heavy atom. The van der Waals surface area contributed by atoms with Crippen molar-refractivity contribution in [2.24, 2.45) is 11.8 Å². The molecule has 106 valence electrons. The van der Waals surface area contributed by atoms with Gasteiger partial charge in [-0.3, -0.25) is 9.59 Å². The van der Waals surface area contributed by atoms with Gasteiger partial charge in [-0.1, -0.05) is 13.8 Å². The fraction of sp³-hybridized carbons (Fsp3) is 0.846. The first-order chi connectivity index (χ1) is 8.47. The quantitative estimate of drug-likeness (QED) is 0.462. The van der Waals surface area contributed by atoms with E-state index < -0.39 is 5.97 Å². The Morgan fingerprint density at radius 2 is 1.72 bits per heavy atom. The molecule has 0 bridgehead atoms. The number of hydrogen-bond donors (Lipinski definition) is 2. The molecule has 0 aliphatic heterocycles. The third-order valence-electron chi connectivity index (χ3n) is 3.08. The summed E-state index contributed by atoms with van der Waals surface area (Å²) in [6, 6.07) is 0. The standard InChI is InChI=1S/C13H24O5/c1-10(7-8-14)11(2)9-18-13(17)6-4-3-5-12(15)16/h10-11,14H,3-9H2,1-2H3,(H,15,16). The van der Waals surface area contributed by atoms with Gasteiger partial charge in [0.25, 0.3) is 0 Å². The zero-order chi connectivity index (χ0) is 14.0. The highest BCUT2D eigenvalue weighted by Crippen LogP contribution is 2.15. The second-order valence-electron chi connectivity index (χ2n) is 4.75. The van der Waals surface area contributed by atoms with Gasteiger partial charge in [-0.2, -0.15) is 0 Å². The van der Waals surface area contributed by atoms with E-state index in [0.717, 1.165) is 0 Å². The van der Waals surface area contributed by atoms with E-state index in [1.165, 1.54) is 0 Å². The van der Waals surface area contributed by atoms with Gasteiger partial charge in [0.1, 0.15) is 0 Å². The van der Waals surface area contributed by atoms with Crippen LogP contribution in [0, 0.1) is 11.8 Å². The molecule has 18 heavy (non-hydrogen) atoms. The van der Waals surface area contributed by atoms with E-state index in [2.05, 4.69) is 0 Å². The molecule has 0 saturated carbocycles. The van der Waals surface area contributed by atoms with Gasteiger partial charge in [0.2, 0.25) is 0 Å². The molecule has 0 aromatic heterocycles. The van der Waals surface area contributed by atoms with Gasteiger partial charge < -0.3 is 14.9 Å². The van der Waals surface area contributed by atoms with Crippen molar-refractivity contribution in [3.05, 3.63) is 0 Å². The van der Waals surface area contributed by atoms with E-state index in [0.29, 0.717) is 31.8 Å². The predicted octanol–water partition coefficient (Wildman–Crippen LogP) is 1.83. The number of carboxylic acids is 1. The van der Waals surface area contributed by atoms with Crippen LogP contribution in [0.25, 0.3) is 0 Å². The van der Waals surface area contributed by atoms with E-state index in [4.69, 9.17) is 14.9 Å². The summed E-state index contributed by atoms with van der Waals surface area (Å²) in [5.74, 6) is -0.576. The minimum Gasteiger partial charge on any atom is -0.481 e. The average molecular weight is 260 g/mol. The van der Waals surface area contributed by atoms with Gasteiger partial charge in [0, 0.05) is 19.4 Å². The first kappa shape index (κ1) is 16.9. The topological polar surface area (TPSA) is 83.8 Å². The number of aliphatic hydroxyl groups excluding tert-OH is 1. The lowest BCUT2D eigenvalue weighted by Gasteiger charge is -2.18. The minimum atomic E-state index is -0.838. The molecule has 2 N–H and O–H groups in total. The molecule has 2 unspecified atom stereocenters. The molecule has 2 atom stereocenters. The Bertz CT molecular complexity index is 252. The smallest absolute Gasteiger partial charge is 0.305 e. The molecule has 0 rings (SSSR count). The van der Waals surface area contributed by atoms with Crippen LogP contribution in [0.4, 0.5) is 0 Å². The second-order valence-corrected chi connectivity index (χ2v) is 4.75. The first-order valence-corrected chi connectivity index (χ1v) is 6.45. The van der Waals surface area contributed by atoms with Crippen molar-refractivity contribution in [2.45, 2.75) is 46.0 Å². The average Bonchev–Trinajstić information content (AvgIpc) is 2.31. The van der Waals surface area contributed by atoms with Crippen LogP contribution in [-0.2, 0) is 14.3 Å². The number of carbonyl (C=O) groups excluding carboxylic acids is 1. The summed E-state index contributed by atoms with van der Waals surface area (Å²) in [7, 11) is 0. The fourth-order valence-corrected chi connectivity index (χ4v) is 1.49. The van der Waals surface area contributed by atoms with Crippen LogP contribution in [0.5, 0.6) is 0 Å². The van der Waals surface area contributed by atoms with Gasteiger partial charge in [-0.25, -0.2) is 0 Å². The highest BCUT2D eigenvalue weighted by Gasteiger charge is 2.14. The van der Waals surface area contributed by atoms with Gasteiger partial charge >= 0.3 is 11.9 Å². The maximum atomic E-state index is 11.4. The van der Waals surface area contributed by atoms with Crippen LogP contribution in [0.15, 0.2) is 0 Å². The van der Waals surface area contributed by atoms with Crippen molar-refractivity contribution in [1.82, 2.24) is 0 Å². The van der Waals surface area contributed by atoms with Crippen LogP contribution < -0.4 is 0 Å². The molecular weight excluding hydrogens is 236 g/mol. The monoisotopic (exact) mass is 260 g/mol. The largest absolute Gasteiger partial charge is 0.481 e. The Kier molecular flexibility index (Phi) is 9.28. The molecule has 5 heteroatoms. The molecule has 0 heterocycles. The number of carboxylic acid groups (broad SMARTS) is 1. The van der Waals surface area contributed by atoms with Crippen molar-refractivity contribution in [1.29, 1.82) is 0 Å². The number of carbonyl (C=O) groups is 2. The maximum Gasteiger partial charge on any atom is 0.305 e. The lowest BCUT2D eigenvalue weighted by molar-refractivity contribution is -0.146. The molecule has 0 aromatic rings. The zero-order valence-electron chi connectivity index (χ0n) is 11.2. The summed E-state index contributed by atoms with van der Waals surface area (Å²) in [5, 5.41) is 17.2. The van der Waals surface area contributed by atoms with E-state index in [1.807, 2.05) is 13.8 Å². The summed E-state index contributed by atoms with van der Waals surface area (Å²) in [6.45, 7) is 4.51. The number of esters is 1. The van der Waals surface area contributed by atoms with Crippen LogP contribution in [0.3, 0.4) is 0 Å². The summed E-state index contributed by atoms with van der Waals surface area (Å²) < 4.78 is 5.11. The maximum absolute atomic E-state index is 11.4. The molecule has 0 spiro atoms. The molecule has 0 aliphatic rings. The summed E-state index contributed by atoms with van der Waals surface area (Å²) >= 11 is 0. The summed E-state index contributed by atoms with van der Waals surface area (Å²) in [6.07, 6.45) is 2.12. The molecule has 0 radical (unpaired) electrons. The van der Waals surface area contributed by atoms with Crippen molar-refractivity contribution in [3.63, 3.8) is 0 Å². The number of unbranched alkanes of at least 4 members (excludes halogenated alkanes) is 1. The molecule has 0 aromatic carbocycles. The Morgan fingerprint density at radius 1 is 1.11 bits per heavy atom. The third-order valence-corrected chi connectivity index (χ3v) is 3.08. The Balaban J connectivity index is 3.60. The van der Waals surface area contributed by atoms with E-state index in [-0.39, 0.29) is 31.3 Å². The van der Waals surface area contributed by atoms with E-state index in [9.17, 15) is 9.59 Å². The number of hydrogen-bond acceptors (Lipinski definition) is 4. The molecule has 5 nitrogen and oxygen atoms in total. The van der Waals surface area contributed by atoms with Crippen LogP contribution >= 0.6 is 0 Å². The van der Waals surface area contributed by atoms with E-state index >= 15 is 0 Å². The number of ether oxygens (including phenoxy) is 1.